The van der Waals surface area contributed by atoms with Gasteiger partial charge in [0.05, 0.1) is 11.5 Å². The zero-order chi connectivity index (χ0) is 15.1. The summed E-state index contributed by atoms with van der Waals surface area (Å²) in [5.41, 5.74) is 1.61. The maximum atomic E-state index is 12.6. The number of carbonyl (C=O) groups is 2. The Hall–Kier alpha value is -2.04. The smallest absolute Gasteiger partial charge is 0.308 e. The van der Waals surface area contributed by atoms with Crippen molar-refractivity contribution in [3.63, 3.8) is 0 Å². The van der Waals surface area contributed by atoms with Crippen LogP contribution >= 0.6 is 0 Å². The second kappa shape index (κ2) is 5.06. The zero-order valence-electron chi connectivity index (χ0n) is 12.2. The predicted octanol–water partition coefficient (Wildman–Crippen LogP) is 2.12. The molecule has 3 atom stereocenters. The fraction of sp³-hybridized carbons (Fsp3) is 0.500. The number of aliphatic carboxylic acids is 1. The van der Waals surface area contributed by atoms with Crippen molar-refractivity contribution in [2.45, 2.75) is 32.3 Å². The van der Waals surface area contributed by atoms with Crippen molar-refractivity contribution in [1.29, 1.82) is 0 Å². The molecule has 0 bridgehead atoms. The van der Waals surface area contributed by atoms with Gasteiger partial charge in [-0.05, 0) is 19.4 Å². The number of likely N-dealkylation sites (tertiary alicyclic amines) is 1. The van der Waals surface area contributed by atoms with Gasteiger partial charge >= 0.3 is 5.97 Å². The summed E-state index contributed by atoms with van der Waals surface area (Å²) in [5.74, 6) is -0.483. The lowest BCUT2D eigenvalue weighted by Gasteiger charge is -2.17. The van der Waals surface area contributed by atoms with Crippen molar-refractivity contribution in [3.8, 4) is 5.75 Å². The first-order valence-electron chi connectivity index (χ1n) is 7.30. The Morgan fingerprint density at radius 2 is 2.10 bits per heavy atom. The molecule has 1 saturated heterocycles. The minimum atomic E-state index is -0.831. The van der Waals surface area contributed by atoms with E-state index >= 15 is 0 Å². The summed E-state index contributed by atoms with van der Waals surface area (Å²) in [7, 11) is 0. The Bertz CT molecular complexity index is 598. The number of carbonyl (C=O) groups excluding carboxylic acids is 1. The van der Waals surface area contributed by atoms with Gasteiger partial charge in [-0.25, -0.2) is 0 Å². The molecule has 0 aliphatic carbocycles. The van der Waals surface area contributed by atoms with Crippen molar-refractivity contribution < 1.29 is 19.4 Å². The highest BCUT2D eigenvalue weighted by atomic mass is 16.5. The van der Waals surface area contributed by atoms with Gasteiger partial charge in [0.25, 0.3) is 5.91 Å². The number of carboxylic acid groups (broad SMARTS) is 1. The van der Waals surface area contributed by atoms with Crippen LogP contribution in [0.3, 0.4) is 0 Å². The molecule has 0 radical (unpaired) electrons. The van der Waals surface area contributed by atoms with Crippen LogP contribution in [0.15, 0.2) is 18.2 Å². The number of rotatable bonds is 2. The molecule has 0 saturated carbocycles. The van der Waals surface area contributed by atoms with Crippen LogP contribution in [0, 0.1) is 5.92 Å². The van der Waals surface area contributed by atoms with Crippen LogP contribution in [0.5, 0.6) is 5.75 Å². The number of ether oxygens (including phenoxy) is 1. The Balaban J connectivity index is 1.86. The second-order valence-corrected chi connectivity index (χ2v) is 5.91. The van der Waals surface area contributed by atoms with E-state index < -0.39 is 11.9 Å². The molecule has 1 aromatic carbocycles. The average molecular weight is 289 g/mol. The summed E-state index contributed by atoms with van der Waals surface area (Å²) in [6.45, 7) is 4.85. The lowest BCUT2D eigenvalue weighted by molar-refractivity contribution is -0.141. The van der Waals surface area contributed by atoms with Crippen LogP contribution < -0.4 is 4.74 Å². The lowest BCUT2D eigenvalue weighted by Crippen LogP contribution is -2.30. The number of fused-ring (bicyclic) bond motifs is 1. The van der Waals surface area contributed by atoms with E-state index in [9.17, 15) is 9.59 Å². The topological polar surface area (TPSA) is 66.8 Å². The zero-order valence-corrected chi connectivity index (χ0v) is 12.2. The van der Waals surface area contributed by atoms with Gasteiger partial charge in [0.15, 0.2) is 0 Å². The normalized spacial score (nSPS) is 27.3. The number of para-hydroxylation sites is 1. The molecule has 1 fully saturated rings. The summed E-state index contributed by atoms with van der Waals surface area (Å²) in [6.07, 6.45) is 0.573. The Labute approximate surface area is 123 Å². The molecule has 3 rings (SSSR count). The Morgan fingerprint density at radius 1 is 1.33 bits per heavy atom. The molecule has 112 valence electrons. The summed E-state index contributed by atoms with van der Waals surface area (Å²) >= 11 is 0. The van der Waals surface area contributed by atoms with E-state index in [0.717, 1.165) is 5.56 Å². The van der Waals surface area contributed by atoms with Crippen molar-refractivity contribution >= 4 is 11.9 Å². The van der Waals surface area contributed by atoms with E-state index in [1.165, 1.54) is 0 Å². The molecule has 5 nitrogen and oxygen atoms in total. The Morgan fingerprint density at radius 3 is 2.76 bits per heavy atom. The van der Waals surface area contributed by atoms with Gasteiger partial charge in [0.2, 0.25) is 0 Å². The van der Waals surface area contributed by atoms with Crippen LogP contribution in [-0.2, 0) is 4.79 Å². The number of amides is 1. The molecule has 2 aliphatic heterocycles. The molecule has 1 N–H and O–H groups in total. The minimum Gasteiger partial charge on any atom is -0.489 e. The van der Waals surface area contributed by atoms with Crippen LogP contribution in [-0.4, -0.2) is 41.1 Å². The summed E-state index contributed by atoms with van der Waals surface area (Å²) in [4.78, 5) is 25.3. The highest BCUT2D eigenvalue weighted by Crippen LogP contribution is 2.40. The van der Waals surface area contributed by atoms with Gasteiger partial charge in [-0.3, -0.25) is 9.59 Å². The highest BCUT2D eigenvalue weighted by molar-refractivity contribution is 5.98. The highest BCUT2D eigenvalue weighted by Gasteiger charge is 2.35. The maximum Gasteiger partial charge on any atom is 0.308 e. The number of carboxylic acids is 1. The molecule has 0 aromatic heterocycles. The lowest BCUT2D eigenvalue weighted by atomic mass is 9.96. The third-order valence-corrected chi connectivity index (χ3v) is 4.60. The van der Waals surface area contributed by atoms with Crippen molar-refractivity contribution in [2.24, 2.45) is 5.92 Å². The molecule has 5 heteroatoms. The van der Waals surface area contributed by atoms with Crippen molar-refractivity contribution in [3.05, 3.63) is 29.3 Å². The number of hydrogen-bond donors (Lipinski definition) is 1. The van der Waals surface area contributed by atoms with Gasteiger partial charge < -0.3 is 14.7 Å². The third-order valence-electron chi connectivity index (χ3n) is 4.60. The molecule has 1 amide bonds. The number of hydrogen-bond acceptors (Lipinski definition) is 3. The van der Waals surface area contributed by atoms with E-state index in [0.29, 0.717) is 24.3 Å². The molecular formula is C16H19NO4. The van der Waals surface area contributed by atoms with E-state index in [2.05, 4.69) is 6.92 Å². The molecule has 2 heterocycles. The summed E-state index contributed by atoms with van der Waals surface area (Å²) < 4.78 is 5.84. The molecule has 1 aromatic rings. The maximum absolute atomic E-state index is 12.6. The molecule has 0 spiro atoms. The number of benzene rings is 1. The van der Waals surface area contributed by atoms with Gasteiger partial charge in [0, 0.05) is 24.6 Å². The molecule has 3 unspecified atom stereocenters. The van der Waals surface area contributed by atoms with Crippen LogP contribution in [0.2, 0.25) is 0 Å². The fourth-order valence-corrected chi connectivity index (χ4v) is 3.07. The van der Waals surface area contributed by atoms with Crippen molar-refractivity contribution in [2.75, 3.05) is 13.1 Å². The molecule has 21 heavy (non-hydrogen) atoms. The standard InChI is InChI=1S/C16H19NO4/c1-9-10(2)21-14-12(9)4-3-5-13(14)15(18)17-7-6-11(8-17)16(19)20/h3-5,9-11H,6-8H2,1-2H3,(H,19,20). The third kappa shape index (κ3) is 2.26. The van der Waals surface area contributed by atoms with E-state index in [1.807, 2.05) is 19.1 Å². The number of nitrogens with zero attached hydrogens (tertiary/aromatic N) is 1. The minimum absolute atomic E-state index is 0.0549. The van der Waals surface area contributed by atoms with Crippen molar-refractivity contribution in [1.82, 2.24) is 4.90 Å². The SMILES string of the molecule is CC1Oc2c(C(=O)N3CCC(C(=O)O)C3)cccc2C1C. The first kappa shape index (κ1) is 13.9. The van der Waals surface area contributed by atoms with E-state index in [1.54, 1.807) is 11.0 Å². The first-order chi connectivity index (χ1) is 9.99. The Kier molecular flexibility index (Phi) is 3.35. The second-order valence-electron chi connectivity index (χ2n) is 5.91. The van der Waals surface area contributed by atoms with Crippen LogP contribution in [0.4, 0.5) is 0 Å². The quantitative estimate of drug-likeness (QED) is 0.905. The van der Waals surface area contributed by atoms with Gasteiger partial charge in [0.1, 0.15) is 11.9 Å². The van der Waals surface area contributed by atoms with Crippen LogP contribution in [0.25, 0.3) is 0 Å². The monoisotopic (exact) mass is 289 g/mol. The van der Waals surface area contributed by atoms with E-state index in [-0.39, 0.29) is 24.5 Å². The largest absolute Gasteiger partial charge is 0.489 e. The van der Waals surface area contributed by atoms with Crippen LogP contribution in [0.1, 0.15) is 42.1 Å². The van der Waals surface area contributed by atoms with E-state index in [4.69, 9.17) is 9.84 Å². The summed E-state index contributed by atoms with van der Waals surface area (Å²) in [5, 5.41) is 9.05. The average Bonchev–Trinajstić information content (AvgIpc) is 3.05. The fourth-order valence-electron chi connectivity index (χ4n) is 3.07. The van der Waals surface area contributed by atoms with Gasteiger partial charge in [-0.2, -0.15) is 0 Å². The predicted molar refractivity (Wildman–Crippen MR) is 76.6 cm³/mol. The molecular weight excluding hydrogens is 270 g/mol. The van der Waals surface area contributed by atoms with Gasteiger partial charge in [-0.15, -0.1) is 0 Å². The summed E-state index contributed by atoms with van der Waals surface area (Å²) in [6, 6.07) is 5.62. The molecule has 2 aliphatic rings. The van der Waals surface area contributed by atoms with Gasteiger partial charge in [-0.1, -0.05) is 19.1 Å². The first-order valence-corrected chi connectivity index (χ1v) is 7.30.